The Morgan fingerprint density at radius 1 is 1.20 bits per heavy atom. The Morgan fingerprint density at radius 2 is 1.80 bits per heavy atom. The summed E-state index contributed by atoms with van der Waals surface area (Å²) in [5.74, 6) is 0.872. The molecule has 1 aromatic rings. The van der Waals surface area contributed by atoms with Crippen molar-refractivity contribution in [3.63, 3.8) is 0 Å². The molecule has 2 heterocycles. The lowest BCUT2D eigenvalue weighted by Gasteiger charge is -2.34. The lowest BCUT2D eigenvalue weighted by atomic mass is 10.3. The van der Waals surface area contributed by atoms with E-state index in [-0.39, 0.29) is 5.91 Å². The zero-order valence-corrected chi connectivity index (χ0v) is 12.5. The second-order valence-electron chi connectivity index (χ2n) is 5.25. The average molecular weight is 277 g/mol. The molecule has 0 spiro atoms. The molecule has 1 aliphatic heterocycles. The standard InChI is InChI=1S/C14H23N5O/c1-11-10-12(2)17-14(16-11)15-4-5-18-6-8-19(9-7-18)13(3)20/h10H,4-9H2,1-3H3,(H,15,16,17). The zero-order valence-electron chi connectivity index (χ0n) is 12.5. The van der Waals surface area contributed by atoms with Gasteiger partial charge in [-0.2, -0.15) is 0 Å². The minimum atomic E-state index is 0.173. The molecule has 0 saturated carbocycles. The highest BCUT2D eigenvalue weighted by atomic mass is 16.2. The largest absolute Gasteiger partial charge is 0.353 e. The normalized spacial score (nSPS) is 16.2. The molecule has 1 aliphatic rings. The van der Waals surface area contributed by atoms with Crippen molar-refractivity contribution in [1.82, 2.24) is 19.8 Å². The molecule has 6 heteroatoms. The molecule has 0 bridgehead atoms. The van der Waals surface area contributed by atoms with E-state index in [1.165, 1.54) is 0 Å². The van der Waals surface area contributed by atoms with Crippen LogP contribution in [0, 0.1) is 13.8 Å². The number of anilines is 1. The Balaban J connectivity index is 1.73. The summed E-state index contributed by atoms with van der Waals surface area (Å²) in [7, 11) is 0. The summed E-state index contributed by atoms with van der Waals surface area (Å²) in [6.45, 7) is 10.9. The van der Waals surface area contributed by atoms with Crippen LogP contribution >= 0.6 is 0 Å². The summed E-state index contributed by atoms with van der Waals surface area (Å²) in [6.07, 6.45) is 0. The van der Waals surface area contributed by atoms with E-state index in [0.29, 0.717) is 5.95 Å². The van der Waals surface area contributed by atoms with Gasteiger partial charge in [-0.05, 0) is 19.9 Å². The highest BCUT2D eigenvalue weighted by molar-refractivity contribution is 5.73. The van der Waals surface area contributed by atoms with Gasteiger partial charge in [0, 0.05) is 57.6 Å². The van der Waals surface area contributed by atoms with Gasteiger partial charge in [-0.3, -0.25) is 9.69 Å². The van der Waals surface area contributed by atoms with E-state index in [4.69, 9.17) is 0 Å². The maximum atomic E-state index is 11.2. The molecular formula is C14H23N5O. The van der Waals surface area contributed by atoms with Gasteiger partial charge in [0.15, 0.2) is 0 Å². The maximum Gasteiger partial charge on any atom is 0.223 e. The molecule has 0 aliphatic carbocycles. The third-order valence-corrected chi connectivity index (χ3v) is 3.51. The van der Waals surface area contributed by atoms with Gasteiger partial charge in [-0.1, -0.05) is 0 Å². The Kier molecular flexibility index (Phi) is 4.89. The predicted octanol–water partition coefficient (Wildman–Crippen LogP) is 0.669. The fourth-order valence-corrected chi connectivity index (χ4v) is 2.42. The molecule has 2 rings (SSSR count). The highest BCUT2D eigenvalue weighted by Crippen LogP contribution is 2.04. The number of hydrogen-bond donors (Lipinski definition) is 1. The molecule has 1 fully saturated rings. The van der Waals surface area contributed by atoms with Crippen molar-refractivity contribution in [1.29, 1.82) is 0 Å². The van der Waals surface area contributed by atoms with Crippen molar-refractivity contribution in [3.05, 3.63) is 17.5 Å². The van der Waals surface area contributed by atoms with Gasteiger partial charge in [0.2, 0.25) is 11.9 Å². The third kappa shape index (κ3) is 4.16. The van der Waals surface area contributed by atoms with Crippen molar-refractivity contribution in [2.24, 2.45) is 0 Å². The molecule has 110 valence electrons. The number of nitrogens with zero attached hydrogens (tertiary/aromatic N) is 4. The number of aromatic nitrogens is 2. The van der Waals surface area contributed by atoms with E-state index in [2.05, 4.69) is 20.2 Å². The van der Waals surface area contributed by atoms with Gasteiger partial charge in [0.25, 0.3) is 0 Å². The number of amides is 1. The van der Waals surface area contributed by atoms with Crippen LogP contribution in [0.25, 0.3) is 0 Å². The predicted molar refractivity (Wildman–Crippen MR) is 78.7 cm³/mol. The molecule has 0 unspecified atom stereocenters. The Labute approximate surface area is 120 Å². The van der Waals surface area contributed by atoms with Crippen LogP contribution in [-0.4, -0.2) is 64.9 Å². The van der Waals surface area contributed by atoms with Crippen molar-refractivity contribution in [3.8, 4) is 0 Å². The Bertz CT molecular complexity index is 448. The lowest BCUT2D eigenvalue weighted by Crippen LogP contribution is -2.49. The van der Waals surface area contributed by atoms with Gasteiger partial charge < -0.3 is 10.2 Å². The van der Waals surface area contributed by atoms with Crippen LogP contribution in [0.5, 0.6) is 0 Å². The molecule has 6 nitrogen and oxygen atoms in total. The van der Waals surface area contributed by atoms with Gasteiger partial charge in [0.1, 0.15) is 0 Å². The summed E-state index contributed by atoms with van der Waals surface area (Å²) in [4.78, 5) is 24.2. The van der Waals surface area contributed by atoms with E-state index in [9.17, 15) is 4.79 Å². The van der Waals surface area contributed by atoms with Crippen LogP contribution in [0.15, 0.2) is 6.07 Å². The molecular weight excluding hydrogens is 254 g/mol. The first-order valence-corrected chi connectivity index (χ1v) is 7.08. The number of hydrogen-bond acceptors (Lipinski definition) is 5. The monoisotopic (exact) mass is 277 g/mol. The van der Waals surface area contributed by atoms with Crippen LogP contribution in [0.2, 0.25) is 0 Å². The molecule has 0 atom stereocenters. The number of carbonyl (C=O) groups is 1. The van der Waals surface area contributed by atoms with E-state index >= 15 is 0 Å². The quantitative estimate of drug-likeness (QED) is 0.876. The minimum absolute atomic E-state index is 0.173. The topological polar surface area (TPSA) is 61.4 Å². The third-order valence-electron chi connectivity index (χ3n) is 3.51. The van der Waals surface area contributed by atoms with Crippen LogP contribution in [0.4, 0.5) is 5.95 Å². The van der Waals surface area contributed by atoms with E-state index in [1.807, 2.05) is 24.8 Å². The fraction of sp³-hybridized carbons (Fsp3) is 0.643. The molecule has 0 aromatic carbocycles. The van der Waals surface area contributed by atoms with Gasteiger partial charge >= 0.3 is 0 Å². The van der Waals surface area contributed by atoms with Crippen molar-refractivity contribution in [2.75, 3.05) is 44.6 Å². The van der Waals surface area contributed by atoms with Gasteiger partial charge in [-0.15, -0.1) is 0 Å². The number of nitrogens with one attached hydrogen (secondary N) is 1. The number of aryl methyl sites for hydroxylation is 2. The second kappa shape index (κ2) is 6.65. The van der Waals surface area contributed by atoms with Crippen LogP contribution in [0.3, 0.4) is 0 Å². The minimum Gasteiger partial charge on any atom is -0.353 e. The van der Waals surface area contributed by atoms with Crippen molar-refractivity contribution >= 4 is 11.9 Å². The van der Waals surface area contributed by atoms with Crippen molar-refractivity contribution < 1.29 is 4.79 Å². The molecule has 1 aromatic heterocycles. The summed E-state index contributed by atoms with van der Waals surface area (Å²) < 4.78 is 0. The molecule has 1 N–H and O–H groups in total. The Morgan fingerprint density at radius 3 is 2.35 bits per heavy atom. The van der Waals surface area contributed by atoms with E-state index in [1.54, 1.807) is 6.92 Å². The van der Waals surface area contributed by atoms with Crippen molar-refractivity contribution in [2.45, 2.75) is 20.8 Å². The van der Waals surface area contributed by atoms with Gasteiger partial charge in [0.05, 0.1) is 0 Å². The summed E-state index contributed by atoms with van der Waals surface area (Å²) >= 11 is 0. The maximum absolute atomic E-state index is 11.2. The van der Waals surface area contributed by atoms with Crippen LogP contribution < -0.4 is 5.32 Å². The number of rotatable bonds is 4. The summed E-state index contributed by atoms with van der Waals surface area (Å²) in [5.41, 5.74) is 1.96. The van der Waals surface area contributed by atoms with E-state index < -0.39 is 0 Å². The summed E-state index contributed by atoms with van der Waals surface area (Å²) in [6, 6.07) is 1.96. The molecule has 20 heavy (non-hydrogen) atoms. The molecule has 1 amide bonds. The first-order valence-electron chi connectivity index (χ1n) is 7.08. The first-order chi connectivity index (χ1) is 9.54. The van der Waals surface area contributed by atoms with Gasteiger partial charge in [-0.25, -0.2) is 9.97 Å². The number of piperazine rings is 1. The zero-order chi connectivity index (χ0) is 14.5. The fourth-order valence-electron chi connectivity index (χ4n) is 2.42. The smallest absolute Gasteiger partial charge is 0.223 e. The second-order valence-corrected chi connectivity index (χ2v) is 5.25. The Hall–Kier alpha value is -1.69. The van der Waals surface area contributed by atoms with Crippen LogP contribution in [-0.2, 0) is 4.79 Å². The molecule has 0 radical (unpaired) electrons. The average Bonchev–Trinajstić information content (AvgIpc) is 2.38. The van der Waals surface area contributed by atoms with E-state index in [0.717, 1.165) is 50.7 Å². The molecule has 1 saturated heterocycles. The lowest BCUT2D eigenvalue weighted by molar-refractivity contribution is -0.130. The first kappa shape index (κ1) is 14.7. The highest BCUT2D eigenvalue weighted by Gasteiger charge is 2.17. The SMILES string of the molecule is CC(=O)N1CCN(CCNc2nc(C)cc(C)n2)CC1. The number of carbonyl (C=O) groups excluding carboxylic acids is 1. The van der Waals surface area contributed by atoms with Crippen LogP contribution in [0.1, 0.15) is 18.3 Å². The summed E-state index contributed by atoms with van der Waals surface area (Å²) in [5, 5.41) is 3.26.